The summed E-state index contributed by atoms with van der Waals surface area (Å²) in [6.45, 7) is 1.99. The predicted molar refractivity (Wildman–Crippen MR) is 119 cm³/mol. The number of amides is 1. The number of nitrogens with one attached hydrogen (secondary N) is 1. The van der Waals surface area contributed by atoms with Crippen molar-refractivity contribution in [2.75, 3.05) is 21.6 Å². The van der Waals surface area contributed by atoms with Gasteiger partial charge in [-0.15, -0.1) is 10.2 Å². The van der Waals surface area contributed by atoms with Crippen molar-refractivity contribution in [3.8, 4) is 0 Å². The van der Waals surface area contributed by atoms with E-state index in [1.165, 1.54) is 18.2 Å². The molecule has 1 heterocycles. The number of aromatic nitrogens is 3. The van der Waals surface area contributed by atoms with Gasteiger partial charge in [-0.25, -0.2) is 21.6 Å². The fraction of sp³-hybridized carbons (Fsp3) is 0.250. The van der Waals surface area contributed by atoms with E-state index in [2.05, 4.69) is 15.5 Å². The lowest BCUT2D eigenvalue weighted by Crippen LogP contribution is -2.30. The summed E-state index contributed by atoms with van der Waals surface area (Å²) in [4.78, 5) is 12.2. The number of hydrogen-bond donors (Lipinski definition) is 1. The number of para-hydroxylation sites is 1. The van der Waals surface area contributed by atoms with Crippen LogP contribution in [0.4, 0.5) is 24.5 Å². The largest absolute Gasteiger partial charge is 0.320 e. The number of nitrogens with zero attached hydrogens (tertiary/aromatic N) is 4. The fourth-order valence-corrected chi connectivity index (χ4v) is 4.59. The molecule has 0 unspecified atom stereocenters. The van der Waals surface area contributed by atoms with Crippen LogP contribution in [0.5, 0.6) is 0 Å². The normalized spacial score (nSPS) is 11.4. The van der Waals surface area contributed by atoms with Gasteiger partial charge in [-0.2, -0.15) is 0 Å². The smallest absolute Gasteiger partial charge is 0.235 e. The van der Waals surface area contributed by atoms with Crippen molar-refractivity contribution in [3.05, 3.63) is 65.7 Å². The van der Waals surface area contributed by atoms with E-state index in [4.69, 9.17) is 0 Å². The first-order valence-electron chi connectivity index (χ1n) is 9.62. The van der Waals surface area contributed by atoms with Crippen LogP contribution in [0.25, 0.3) is 0 Å². The van der Waals surface area contributed by atoms with Gasteiger partial charge in [0.2, 0.25) is 15.9 Å². The van der Waals surface area contributed by atoms with Crippen LogP contribution in [0.2, 0.25) is 0 Å². The lowest BCUT2D eigenvalue weighted by molar-refractivity contribution is -0.113. The molecule has 33 heavy (non-hydrogen) atoms. The Bertz CT molecular complexity index is 1230. The van der Waals surface area contributed by atoms with Crippen molar-refractivity contribution >= 4 is 39.1 Å². The average molecular weight is 500 g/mol. The molecule has 1 amide bonds. The van der Waals surface area contributed by atoms with Crippen LogP contribution < -0.4 is 9.62 Å². The molecule has 3 rings (SSSR count). The van der Waals surface area contributed by atoms with Crippen LogP contribution >= 0.6 is 11.8 Å². The number of anilines is 2. The summed E-state index contributed by atoms with van der Waals surface area (Å²) >= 11 is 0.979. The third-order valence-corrected chi connectivity index (χ3v) is 6.58. The van der Waals surface area contributed by atoms with Gasteiger partial charge >= 0.3 is 0 Å². The summed E-state index contributed by atoms with van der Waals surface area (Å²) in [7, 11) is -3.73. The number of thioether (sulfide) groups is 1. The van der Waals surface area contributed by atoms with Gasteiger partial charge in [0.05, 0.1) is 24.2 Å². The van der Waals surface area contributed by atoms with Crippen LogP contribution in [0, 0.1) is 17.5 Å². The molecule has 0 fully saturated rings. The van der Waals surface area contributed by atoms with Crippen LogP contribution in [0.15, 0.2) is 47.6 Å². The molecular formula is C20H20F3N5O3S2. The predicted octanol–water partition coefficient (Wildman–Crippen LogP) is 3.41. The standard InChI is InChI=1S/C20H20F3N5O3S2/c1-3-27-17(11-28(33(2,30)31)14-9-7-13(21)8-10-14)25-26-20(27)32-12-18(29)24-19-15(22)5-4-6-16(19)23/h4-10H,3,11-12H2,1-2H3,(H,24,29). The molecule has 0 aliphatic rings. The summed E-state index contributed by atoms with van der Waals surface area (Å²) in [6.07, 6.45) is 1.02. The van der Waals surface area contributed by atoms with Crippen molar-refractivity contribution in [1.29, 1.82) is 0 Å². The Morgan fingerprint density at radius 2 is 1.73 bits per heavy atom. The van der Waals surface area contributed by atoms with Crippen LogP contribution in [0.3, 0.4) is 0 Å². The Morgan fingerprint density at radius 1 is 1.09 bits per heavy atom. The SMILES string of the molecule is CCn1c(CN(c2ccc(F)cc2)S(C)(=O)=O)nnc1SCC(=O)Nc1c(F)cccc1F. The van der Waals surface area contributed by atoms with Crippen molar-refractivity contribution in [3.63, 3.8) is 0 Å². The van der Waals surface area contributed by atoms with E-state index >= 15 is 0 Å². The number of rotatable bonds is 9. The number of benzene rings is 2. The molecular weight excluding hydrogens is 479 g/mol. The van der Waals surface area contributed by atoms with Gasteiger partial charge in [0.15, 0.2) is 11.0 Å². The third kappa shape index (κ3) is 6.05. The minimum Gasteiger partial charge on any atom is -0.320 e. The van der Waals surface area contributed by atoms with Crippen molar-refractivity contribution in [2.45, 2.75) is 25.2 Å². The second kappa shape index (κ2) is 10.3. The summed E-state index contributed by atoms with van der Waals surface area (Å²) < 4.78 is 68.0. The van der Waals surface area contributed by atoms with Gasteiger partial charge < -0.3 is 9.88 Å². The zero-order valence-electron chi connectivity index (χ0n) is 17.6. The monoisotopic (exact) mass is 499 g/mol. The summed E-state index contributed by atoms with van der Waals surface area (Å²) in [5.74, 6) is -2.85. The first kappa shape index (κ1) is 24.6. The Morgan fingerprint density at radius 3 is 2.30 bits per heavy atom. The van der Waals surface area contributed by atoms with Gasteiger partial charge in [-0.1, -0.05) is 17.8 Å². The van der Waals surface area contributed by atoms with Crippen molar-refractivity contribution in [1.82, 2.24) is 14.8 Å². The highest BCUT2D eigenvalue weighted by Gasteiger charge is 2.23. The molecule has 1 N–H and O–H groups in total. The zero-order valence-corrected chi connectivity index (χ0v) is 19.3. The Labute approximate surface area is 192 Å². The van der Waals surface area contributed by atoms with Crippen molar-refractivity contribution < 1.29 is 26.4 Å². The van der Waals surface area contributed by atoms with Crippen LogP contribution in [-0.2, 0) is 27.9 Å². The summed E-state index contributed by atoms with van der Waals surface area (Å²) in [5, 5.41) is 10.6. The van der Waals surface area contributed by atoms with E-state index in [0.29, 0.717) is 17.5 Å². The average Bonchev–Trinajstić information content (AvgIpc) is 3.15. The molecule has 0 bridgehead atoms. The number of halogens is 3. The van der Waals surface area contributed by atoms with Crippen LogP contribution in [0.1, 0.15) is 12.7 Å². The molecule has 13 heteroatoms. The highest BCUT2D eigenvalue weighted by molar-refractivity contribution is 7.99. The molecule has 3 aromatic rings. The first-order chi connectivity index (χ1) is 15.6. The van der Waals surface area contributed by atoms with E-state index in [1.54, 1.807) is 11.5 Å². The molecule has 0 aliphatic carbocycles. The molecule has 176 valence electrons. The maximum Gasteiger partial charge on any atom is 0.235 e. The number of hydrogen-bond acceptors (Lipinski definition) is 6. The lowest BCUT2D eigenvalue weighted by atomic mass is 10.3. The highest BCUT2D eigenvalue weighted by Crippen LogP contribution is 2.24. The summed E-state index contributed by atoms with van der Waals surface area (Å²) in [5.41, 5.74) is -0.283. The summed E-state index contributed by atoms with van der Waals surface area (Å²) in [6, 6.07) is 8.22. The lowest BCUT2D eigenvalue weighted by Gasteiger charge is -2.22. The zero-order chi connectivity index (χ0) is 24.2. The van der Waals surface area contributed by atoms with Gasteiger partial charge in [0.25, 0.3) is 0 Å². The maximum atomic E-state index is 13.7. The van der Waals surface area contributed by atoms with Gasteiger partial charge in [0, 0.05) is 6.54 Å². The molecule has 8 nitrogen and oxygen atoms in total. The maximum absolute atomic E-state index is 13.7. The number of carbonyl (C=O) groups is 1. The quantitative estimate of drug-likeness (QED) is 0.453. The third-order valence-electron chi connectivity index (χ3n) is 4.47. The molecule has 1 aromatic heterocycles. The van der Waals surface area contributed by atoms with Gasteiger partial charge in [-0.05, 0) is 43.3 Å². The van der Waals surface area contributed by atoms with E-state index < -0.39 is 39.1 Å². The Kier molecular flexibility index (Phi) is 7.64. The van der Waals surface area contributed by atoms with Gasteiger partial charge in [-0.3, -0.25) is 9.10 Å². The van der Waals surface area contributed by atoms with Crippen molar-refractivity contribution in [2.24, 2.45) is 0 Å². The van der Waals surface area contributed by atoms with E-state index in [1.807, 2.05) is 0 Å². The molecule has 0 atom stereocenters. The molecule has 2 aromatic carbocycles. The van der Waals surface area contributed by atoms with Crippen LogP contribution in [-0.4, -0.2) is 41.1 Å². The molecule has 0 aliphatic heterocycles. The van der Waals surface area contributed by atoms with Gasteiger partial charge in [0.1, 0.15) is 23.1 Å². The molecule has 0 saturated heterocycles. The Hall–Kier alpha value is -3.06. The molecule has 0 radical (unpaired) electrons. The van der Waals surface area contributed by atoms with E-state index in [0.717, 1.165) is 46.6 Å². The molecule has 0 spiro atoms. The molecule has 0 saturated carbocycles. The number of carbonyl (C=O) groups excluding carboxylic acids is 1. The topological polar surface area (TPSA) is 97.2 Å². The minimum absolute atomic E-state index is 0.168. The second-order valence-electron chi connectivity index (χ2n) is 6.82. The van der Waals surface area contributed by atoms with E-state index in [9.17, 15) is 26.4 Å². The number of sulfonamides is 1. The van der Waals surface area contributed by atoms with E-state index in [-0.39, 0.29) is 18.0 Å². The second-order valence-corrected chi connectivity index (χ2v) is 9.67. The first-order valence-corrected chi connectivity index (χ1v) is 12.5. The highest BCUT2D eigenvalue weighted by atomic mass is 32.2. The Balaban J connectivity index is 1.75. The fourth-order valence-electron chi connectivity index (χ4n) is 2.92. The minimum atomic E-state index is -3.73.